The fraction of sp³-hybridized carbons (Fsp3) is 0.400. The van der Waals surface area contributed by atoms with Gasteiger partial charge in [0.15, 0.2) is 0 Å². The maximum atomic E-state index is 6.92. The Balaban J connectivity index is 1.59. The van der Waals surface area contributed by atoms with Gasteiger partial charge in [-0.3, -0.25) is 4.67 Å². The summed E-state index contributed by atoms with van der Waals surface area (Å²) in [5, 5.41) is 2.67. The molecule has 0 radical (unpaired) electrons. The predicted octanol–water partition coefficient (Wildman–Crippen LogP) is 8.82. The molecule has 4 heteroatoms. The quantitative estimate of drug-likeness (QED) is 0.279. The predicted molar refractivity (Wildman–Crippen MR) is 142 cm³/mol. The fourth-order valence-corrected chi connectivity index (χ4v) is 8.31. The number of benzene rings is 3. The van der Waals surface area contributed by atoms with Crippen molar-refractivity contribution in [1.29, 1.82) is 0 Å². The van der Waals surface area contributed by atoms with Crippen molar-refractivity contribution in [3.05, 3.63) is 76.3 Å². The van der Waals surface area contributed by atoms with Crippen molar-refractivity contribution >= 4 is 35.8 Å². The lowest BCUT2D eigenvalue weighted by atomic mass is 9.84. The zero-order chi connectivity index (χ0) is 22.8. The van der Waals surface area contributed by atoms with Crippen molar-refractivity contribution in [2.75, 3.05) is 4.67 Å². The number of rotatable bonds is 1. The molecule has 1 aromatic heterocycles. The first-order valence-corrected chi connectivity index (χ1v) is 14.2. The summed E-state index contributed by atoms with van der Waals surface area (Å²) in [7, 11) is -1.32. The van der Waals surface area contributed by atoms with Crippen LogP contribution in [0.25, 0.3) is 21.9 Å². The second-order valence-corrected chi connectivity index (χ2v) is 11.7. The van der Waals surface area contributed by atoms with Crippen LogP contribution in [0.4, 0.5) is 5.69 Å². The molecule has 3 aliphatic rings. The molecule has 0 N–H and O–H groups in total. The molecule has 1 aliphatic heterocycles. The van der Waals surface area contributed by atoms with E-state index < -0.39 is 8.16 Å². The molecule has 0 amide bonds. The number of aryl methyl sites for hydroxylation is 4. The summed E-state index contributed by atoms with van der Waals surface area (Å²) in [5.74, 6) is 0.445. The van der Waals surface area contributed by atoms with Crippen LogP contribution in [0.3, 0.4) is 0 Å². The van der Waals surface area contributed by atoms with Crippen molar-refractivity contribution in [1.82, 2.24) is 0 Å². The standard InChI is InChI=1S/C30H32NO2P/c1-19-20(2)31(26-14-8-7-11-23(19)26)34-32-27-17-15-21-9-3-5-12-24(21)29(27)30-25-13-6-4-10-22(25)16-18-28(30)33-34/h7-8,11,14-20H,3-6,9-10,12-13H2,1-2H3. The smallest absolute Gasteiger partial charge is 0.341 e. The summed E-state index contributed by atoms with van der Waals surface area (Å²) in [5.41, 5.74) is 10.7. The zero-order valence-corrected chi connectivity index (χ0v) is 21.0. The first-order chi connectivity index (χ1) is 16.7. The Morgan fingerprint density at radius 1 is 0.706 bits per heavy atom. The average Bonchev–Trinajstić information content (AvgIpc) is 3.02. The molecule has 0 spiro atoms. The van der Waals surface area contributed by atoms with Crippen LogP contribution in [0, 0.1) is 0 Å². The van der Waals surface area contributed by atoms with Crippen LogP contribution in [0.1, 0.15) is 73.3 Å². The lowest BCUT2D eigenvalue weighted by molar-refractivity contribution is 0.599. The SMILES string of the molecule is CC1c2ccccc2N(p2oc3ccc4c(c3c3c5c(ccc3o2)CCCC5)CCCC4)C1C. The minimum atomic E-state index is -1.32. The highest BCUT2D eigenvalue weighted by Gasteiger charge is 2.36. The summed E-state index contributed by atoms with van der Waals surface area (Å²) in [6.45, 7) is 4.64. The third-order valence-electron chi connectivity index (χ3n) is 8.55. The number of hydrogen-bond donors (Lipinski definition) is 0. The Kier molecular flexibility index (Phi) is 4.84. The van der Waals surface area contributed by atoms with Crippen molar-refractivity contribution in [3.63, 3.8) is 0 Å². The molecule has 2 heterocycles. The zero-order valence-electron chi connectivity index (χ0n) is 20.1. The molecule has 0 saturated heterocycles. The van der Waals surface area contributed by atoms with Crippen LogP contribution in [0.2, 0.25) is 0 Å². The Labute approximate surface area is 202 Å². The van der Waals surface area contributed by atoms with E-state index in [0.29, 0.717) is 12.0 Å². The van der Waals surface area contributed by atoms with Gasteiger partial charge in [0.05, 0.1) is 5.69 Å². The van der Waals surface area contributed by atoms with E-state index >= 15 is 0 Å². The van der Waals surface area contributed by atoms with Crippen LogP contribution >= 0.6 is 8.16 Å². The van der Waals surface area contributed by atoms with Gasteiger partial charge >= 0.3 is 8.16 Å². The lowest BCUT2D eigenvalue weighted by Crippen LogP contribution is -2.22. The van der Waals surface area contributed by atoms with Gasteiger partial charge in [0, 0.05) is 22.7 Å². The minimum absolute atomic E-state index is 0.323. The van der Waals surface area contributed by atoms with Gasteiger partial charge in [0.2, 0.25) is 0 Å². The van der Waals surface area contributed by atoms with Gasteiger partial charge in [-0.15, -0.1) is 0 Å². The molecule has 0 saturated carbocycles. The maximum Gasteiger partial charge on any atom is 0.341 e. The number of hydrogen-bond acceptors (Lipinski definition) is 3. The Morgan fingerprint density at radius 2 is 1.26 bits per heavy atom. The highest BCUT2D eigenvalue weighted by atomic mass is 31.1. The van der Waals surface area contributed by atoms with Crippen LogP contribution in [0.5, 0.6) is 0 Å². The topological polar surface area (TPSA) is 29.5 Å². The van der Waals surface area contributed by atoms with E-state index in [4.69, 9.17) is 8.39 Å². The maximum absolute atomic E-state index is 6.92. The molecular formula is C30H32NO2P. The summed E-state index contributed by atoms with van der Waals surface area (Å²) in [6, 6.07) is 18.2. The van der Waals surface area contributed by atoms with E-state index in [1.165, 1.54) is 82.8 Å². The molecule has 2 unspecified atom stereocenters. The van der Waals surface area contributed by atoms with Gasteiger partial charge in [-0.1, -0.05) is 37.3 Å². The van der Waals surface area contributed by atoms with E-state index in [2.05, 4.69) is 67.0 Å². The molecule has 0 fully saturated rings. The Hall–Kier alpha value is -2.64. The van der Waals surface area contributed by atoms with Crippen molar-refractivity contribution < 1.29 is 8.39 Å². The van der Waals surface area contributed by atoms with Gasteiger partial charge < -0.3 is 8.39 Å². The molecule has 4 aromatic rings. The minimum Gasteiger partial charge on any atom is -0.404 e. The largest absolute Gasteiger partial charge is 0.404 e. The van der Waals surface area contributed by atoms with Crippen LogP contribution in [-0.4, -0.2) is 6.04 Å². The van der Waals surface area contributed by atoms with E-state index in [1.54, 1.807) is 0 Å². The first kappa shape index (κ1) is 20.7. The molecule has 3 aromatic carbocycles. The van der Waals surface area contributed by atoms with E-state index in [-0.39, 0.29) is 0 Å². The van der Waals surface area contributed by atoms with Crippen LogP contribution < -0.4 is 4.67 Å². The first-order valence-electron chi connectivity index (χ1n) is 13.0. The van der Waals surface area contributed by atoms with Gasteiger partial charge in [-0.2, -0.15) is 0 Å². The Bertz CT molecular complexity index is 1390. The van der Waals surface area contributed by atoms with E-state index in [0.717, 1.165) is 24.0 Å². The number of fused-ring (bicyclic) bond motifs is 8. The number of nitrogens with zero attached hydrogens (tertiary/aromatic N) is 1. The third kappa shape index (κ3) is 3.02. The molecule has 2 aliphatic carbocycles. The second-order valence-electron chi connectivity index (χ2n) is 10.4. The monoisotopic (exact) mass is 469 g/mol. The number of para-hydroxylation sites is 1. The highest BCUT2D eigenvalue weighted by molar-refractivity contribution is 7.39. The molecule has 174 valence electrons. The van der Waals surface area contributed by atoms with Gasteiger partial charge in [0.25, 0.3) is 0 Å². The molecule has 34 heavy (non-hydrogen) atoms. The molecule has 0 bridgehead atoms. The molecule has 3 nitrogen and oxygen atoms in total. The van der Waals surface area contributed by atoms with Crippen molar-refractivity contribution in [2.45, 2.75) is 77.2 Å². The van der Waals surface area contributed by atoms with Gasteiger partial charge in [-0.25, -0.2) is 0 Å². The average molecular weight is 470 g/mol. The third-order valence-corrected chi connectivity index (χ3v) is 10.2. The van der Waals surface area contributed by atoms with Crippen LogP contribution in [0.15, 0.2) is 56.9 Å². The summed E-state index contributed by atoms with van der Waals surface area (Å²) in [4.78, 5) is 0. The normalized spacial score (nSPS) is 21.4. The Morgan fingerprint density at radius 3 is 1.88 bits per heavy atom. The fourth-order valence-electron chi connectivity index (χ4n) is 6.60. The lowest BCUT2D eigenvalue weighted by Gasteiger charge is -2.22. The highest BCUT2D eigenvalue weighted by Crippen LogP contribution is 2.52. The van der Waals surface area contributed by atoms with Crippen molar-refractivity contribution in [3.8, 4) is 0 Å². The summed E-state index contributed by atoms with van der Waals surface area (Å²) >= 11 is 0. The number of anilines is 1. The van der Waals surface area contributed by atoms with E-state index in [9.17, 15) is 0 Å². The van der Waals surface area contributed by atoms with Gasteiger partial charge in [-0.05, 0) is 104 Å². The summed E-state index contributed by atoms with van der Waals surface area (Å²) < 4.78 is 16.3. The summed E-state index contributed by atoms with van der Waals surface area (Å²) in [6.07, 6.45) is 9.74. The van der Waals surface area contributed by atoms with Gasteiger partial charge in [0.1, 0.15) is 11.2 Å². The molecule has 7 rings (SSSR count). The van der Waals surface area contributed by atoms with Crippen LogP contribution in [-0.2, 0) is 25.7 Å². The molecule has 2 atom stereocenters. The van der Waals surface area contributed by atoms with Crippen molar-refractivity contribution in [2.24, 2.45) is 0 Å². The van der Waals surface area contributed by atoms with E-state index in [1.807, 2.05) is 0 Å². The molecular weight excluding hydrogens is 437 g/mol. The second kappa shape index (κ2) is 7.95.